The van der Waals surface area contributed by atoms with Crippen LogP contribution in [0.5, 0.6) is 0 Å². The molecule has 1 aliphatic rings. The lowest BCUT2D eigenvalue weighted by molar-refractivity contribution is 0.351. The Morgan fingerprint density at radius 2 is 2.71 bits per heavy atom. The second-order valence-electron chi connectivity index (χ2n) is 1.21. The van der Waals surface area contributed by atoms with Gasteiger partial charge in [-0.2, -0.15) is 0 Å². The number of nitrogens with zero attached hydrogens (tertiary/aromatic N) is 1. The summed E-state index contributed by atoms with van der Waals surface area (Å²) in [5.41, 5.74) is 0. The molecule has 0 atom stereocenters. The van der Waals surface area contributed by atoms with Crippen LogP contribution in [0.25, 0.3) is 0 Å². The van der Waals surface area contributed by atoms with Gasteiger partial charge in [-0.15, -0.1) is 5.10 Å². The van der Waals surface area contributed by atoms with Gasteiger partial charge in [0, 0.05) is 0 Å². The SMILES string of the molecule is NN=C1NCCO1. The van der Waals surface area contributed by atoms with Gasteiger partial charge < -0.3 is 15.9 Å². The third-order valence-electron chi connectivity index (χ3n) is 0.734. The smallest absolute Gasteiger partial charge is 0.306 e. The van der Waals surface area contributed by atoms with Crippen molar-refractivity contribution in [1.82, 2.24) is 5.32 Å². The van der Waals surface area contributed by atoms with Crippen molar-refractivity contribution >= 4 is 6.02 Å². The zero-order valence-electron chi connectivity index (χ0n) is 3.85. The van der Waals surface area contributed by atoms with E-state index in [-0.39, 0.29) is 0 Å². The molecule has 0 saturated carbocycles. The Balaban J connectivity index is 2.41. The molecule has 7 heavy (non-hydrogen) atoms. The molecular weight excluding hydrogens is 94.1 g/mol. The van der Waals surface area contributed by atoms with Crippen molar-refractivity contribution in [1.29, 1.82) is 0 Å². The van der Waals surface area contributed by atoms with E-state index in [0.717, 1.165) is 6.54 Å². The first kappa shape index (κ1) is 4.23. The summed E-state index contributed by atoms with van der Waals surface area (Å²) in [6.07, 6.45) is 0. The fourth-order valence-corrected chi connectivity index (χ4v) is 0.440. The van der Waals surface area contributed by atoms with Gasteiger partial charge in [0.1, 0.15) is 6.61 Å². The van der Waals surface area contributed by atoms with Crippen molar-refractivity contribution in [3.63, 3.8) is 0 Å². The van der Waals surface area contributed by atoms with Crippen LogP contribution in [0.1, 0.15) is 0 Å². The molecule has 0 aromatic rings. The van der Waals surface area contributed by atoms with Crippen LogP contribution in [-0.2, 0) is 4.74 Å². The van der Waals surface area contributed by atoms with Crippen LogP contribution in [0.2, 0.25) is 0 Å². The summed E-state index contributed by atoms with van der Waals surface area (Å²) in [5, 5.41) is 6.08. The summed E-state index contributed by atoms with van der Waals surface area (Å²) < 4.78 is 4.82. The summed E-state index contributed by atoms with van der Waals surface area (Å²) in [6, 6.07) is 0.444. The first-order valence-corrected chi connectivity index (χ1v) is 2.08. The molecule has 0 unspecified atom stereocenters. The van der Waals surface area contributed by atoms with Crippen LogP contribution in [0.15, 0.2) is 5.10 Å². The van der Waals surface area contributed by atoms with Gasteiger partial charge in [-0.3, -0.25) is 0 Å². The van der Waals surface area contributed by atoms with Gasteiger partial charge >= 0.3 is 6.02 Å². The Morgan fingerprint density at radius 3 is 3.00 bits per heavy atom. The van der Waals surface area contributed by atoms with Gasteiger partial charge in [0.25, 0.3) is 0 Å². The molecule has 4 heteroatoms. The highest BCUT2D eigenvalue weighted by atomic mass is 16.5. The Hall–Kier alpha value is -0.930. The normalized spacial score (nSPS) is 24.3. The average molecular weight is 101 g/mol. The van der Waals surface area contributed by atoms with E-state index >= 15 is 0 Å². The summed E-state index contributed by atoms with van der Waals surface area (Å²) in [5.74, 6) is 4.83. The van der Waals surface area contributed by atoms with Gasteiger partial charge in [-0.25, -0.2) is 0 Å². The molecule has 0 spiro atoms. The van der Waals surface area contributed by atoms with E-state index in [1.807, 2.05) is 0 Å². The van der Waals surface area contributed by atoms with E-state index in [1.165, 1.54) is 0 Å². The molecule has 0 amide bonds. The maximum atomic E-state index is 4.83. The Morgan fingerprint density at radius 1 is 1.86 bits per heavy atom. The number of hydrogen-bond acceptors (Lipinski definition) is 3. The standard InChI is InChI=1S/C3H7N3O/c4-6-3-5-1-2-7-3/h1-2,4H2,(H,5,6). The molecular formula is C3H7N3O. The molecule has 1 saturated heterocycles. The van der Waals surface area contributed by atoms with E-state index in [1.54, 1.807) is 0 Å². The van der Waals surface area contributed by atoms with Crippen LogP contribution in [-0.4, -0.2) is 19.2 Å². The third kappa shape index (κ3) is 0.734. The largest absolute Gasteiger partial charge is 0.462 e. The van der Waals surface area contributed by atoms with E-state index < -0.39 is 0 Å². The summed E-state index contributed by atoms with van der Waals surface area (Å²) in [6.45, 7) is 1.49. The van der Waals surface area contributed by atoms with E-state index in [4.69, 9.17) is 10.6 Å². The minimum absolute atomic E-state index is 0.444. The molecule has 0 aromatic carbocycles. The quantitative estimate of drug-likeness (QED) is 0.299. The van der Waals surface area contributed by atoms with Crippen LogP contribution >= 0.6 is 0 Å². The molecule has 1 heterocycles. The zero-order chi connectivity index (χ0) is 5.11. The van der Waals surface area contributed by atoms with Crippen LogP contribution in [0.3, 0.4) is 0 Å². The Kier molecular flexibility index (Phi) is 1.02. The van der Waals surface area contributed by atoms with Crippen molar-refractivity contribution in [2.24, 2.45) is 10.9 Å². The number of nitrogens with one attached hydrogen (secondary N) is 1. The first-order chi connectivity index (χ1) is 3.43. The summed E-state index contributed by atoms with van der Waals surface area (Å²) in [7, 11) is 0. The predicted molar refractivity (Wildman–Crippen MR) is 25.6 cm³/mol. The highest BCUT2D eigenvalue weighted by Gasteiger charge is 2.04. The molecule has 1 aliphatic heterocycles. The third-order valence-corrected chi connectivity index (χ3v) is 0.734. The van der Waals surface area contributed by atoms with Crippen molar-refractivity contribution in [2.45, 2.75) is 0 Å². The second-order valence-corrected chi connectivity index (χ2v) is 1.21. The minimum Gasteiger partial charge on any atom is -0.462 e. The van der Waals surface area contributed by atoms with Gasteiger partial charge in [0.05, 0.1) is 6.54 Å². The number of rotatable bonds is 0. The molecule has 1 rings (SSSR count). The van der Waals surface area contributed by atoms with Gasteiger partial charge in [0.2, 0.25) is 0 Å². The van der Waals surface area contributed by atoms with Gasteiger partial charge in [-0.1, -0.05) is 0 Å². The molecule has 0 radical (unpaired) electrons. The van der Waals surface area contributed by atoms with Gasteiger partial charge in [-0.05, 0) is 0 Å². The number of nitrogens with two attached hydrogens (primary N) is 1. The monoisotopic (exact) mass is 101 g/mol. The van der Waals surface area contributed by atoms with Crippen LogP contribution in [0.4, 0.5) is 0 Å². The molecule has 3 N–H and O–H groups in total. The van der Waals surface area contributed by atoms with Crippen molar-refractivity contribution in [3.8, 4) is 0 Å². The molecule has 0 aromatic heterocycles. The Labute approximate surface area is 41.3 Å². The highest BCUT2D eigenvalue weighted by molar-refractivity contribution is 5.74. The lowest BCUT2D eigenvalue weighted by atomic mass is 10.7. The fourth-order valence-electron chi connectivity index (χ4n) is 0.440. The lowest BCUT2D eigenvalue weighted by Gasteiger charge is -1.89. The number of hydrazone groups is 1. The number of amidine groups is 1. The van der Waals surface area contributed by atoms with Crippen molar-refractivity contribution in [2.75, 3.05) is 13.2 Å². The molecule has 1 fully saturated rings. The zero-order valence-corrected chi connectivity index (χ0v) is 3.85. The first-order valence-electron chi connectivity index (χ1n) is 2.08. The van der Waals surface area contributed by atoms with Crippen molar-refractivity contribution in [3.05, 3.63) is 0 Å². The number of hydrogen-bond donors (Lipinski definition) is 2. The fraction of sp³-hybridized carbons (Fsp3) is 0.667. The maximum Gasteiger partial charge on any atom is 0.306 e. The molecule has 0 bridgehead atoms. The molecule has 4 nitrogen and oxygen atoms in total. The highest BCUT2D eigenvalue weighted by Crippen LogP contribution is 1.82. The van der Waals surface area contributed by atoms with Crippen LogP contribution in [0, 0.1) is 0 Å². The lowest BCUT2D eigenvalue weighted by Crippen LogP contribution is -2.16. The number of ether oxygens (including phenoxy) is 1. The molecule has 0 aliphatic carbocycles. The van der Waals surface area contributed by atoms with E-state index in [0.29, 0.717) is 12.6 Å². The topological polar surface area (TPSA) is 59.6 Å². The summed E-state index contributed by atoms with van der Waals surface area (Å²) >= 11 is 0. The Bertz CT molecular complexity index is 82.2. The summed E-state index contributed by atoms with van der Waals surface area (Å²) in [4.78, 5) is 0. The second kappa shape index (κ2) is 1.68. The van der Waals surface area contributed by atoms with Crippen LogP contribution < -0.4 is 11.2 Å². The minimum atomic E-state index is 0.444. The molecule has 40 valence electrons. The van der Waals surface area contributed by atoms with E-state index in [2.05, 4.69) is 10.4 Å². The van der Waals surface area contributed by atoms with Crippen molar-refractivity contribution < 1.29 is 4.74 Å². The predicted octanol–water partition coefficient (Wildman–Crippen LogP) is -1.16. The average Bonchev–Trinajstić information content (AvgIpc) is 2.14. The maximum absolute atomic E-state index is 4.83. The van der Waals surface area contributed by atoms with E-state index in [9.17, 15) is 0 Å². The van der Waals surface area contributed by atoms with Gasteiger partial charge in [0.15, 0.2) is 0 Å².